The SMILES string of the molecule is Cc1ccc(S(=O)(=O)OC[C@@H]2CO[C@@](C)(c3ccc(F)cc3F)C2)cc1. The summed E-state index contributed by atoms with van der Waals surface area (Å²) in [7, 11) is -3.86. The highest BCUT2D eigenvalue weighted by Gasteiger charge is 2.40. The summed E-state index contributed by atoms with van der Waals surface area (Å²) < 4.78 is 62.5. The van der Waals surface area contributed by atoms with E-state index in [9.17, 15) is 17.2 Å². The molecule has 0 radical (unpaired) electrons. The van der Waals surface area contributed by atoms with Crippen LogP contribution in [0.1, 0.15) is 24.5 Å². The monoisotopic (exact) mass is 382 g/mol. The highest BCUT2D eigenvalue weighted by Crippen LogP contribution is 2.40. The molecule has 1 fully saturated rings. The summed E-state index contributed by atoms with van der Waals surface area (Å²) in [6.07, 6.45) is 0.374. The third kappa shape index (κ3) is 3.95. The number of ether oxygens (including phenoxy) is 1. The Morgan fingerprint density at radius 1 is 1.19 bits per heavy atom. The Bertz CT molecular complexity index is 896. The number of aryl methyl sites for hydroxylation is 1. The molecule has 3 rings (SSSR count). The van der Waals surface area contributed by atoms with E-state index in [0.29, 0.717) is 6.42 Å². The van der Waals surface area contributed by atoms with Crippen LogP contribution in [0.5, 0.6) is 0 Å². The zero-order valence-corrected chi connectivity index (χ0v) is 15.4. The Morgan fingerprint density at radius 3 is 2.54 bits per heavy atom. The third-order valence-corrected chi connectivity index (χ3v) is 5.88. The van der Waals surface area contributed by atoms with Crippen LogP contribution in [-0.2, 0) is 24.6 Å². The Labute approximate surface area is 151 Å². The van der Waals surface area contributed by atoms with E-state index in [0.717, 1.165) is 11.6 Å². The van der Waals surface area contributed by atoms with Gasteiger partial charge in [0, 0.05) is 17.5 Å². The fraction of sp³-hybridized carbons (Fsp3) is 0.368. The van der Waals surface area contributed by atoms with Crippen molar-refractivity contribution >= 4 is 10.1 Å². The lowest BCUT2D eigenvalue weighted by Crippen LogP contribution is -2.22. The maximum atomic E-state index is 14.1. The van der Waals surface area contributed by atoms with E-state index in [-0.39, 0.29) is 29.6 Å². The third-order valence-electron chi connectivity index (χ3n) is 4.59. The van der Waals surface area contributed by atoms with Crippen LogP contribution in [0.2, 0.25) is 0 Å². The second kappa shape index (κ2) is 7.06. The summed E-state index contributed by atoms with van der Waals surface area (Å²) in [5, 5.41) is 0. The quantitative estimate of drug-likeness (QED) is 0.736. The predicted molar refractivity (Wildman–Crippen MR) is 92.1 cm³/mol. The van der Waals surface area contributed by atoms with Crippen LogP contribution in [0.15, 0.2) is 47.4 Å². The molecule has 140 valence electrons. The van der Waals surface area contributed by atoms with Gasteiger partial charge in [-0.2, -0.15) is 8.42 Å². The second-order valence-electron chi connectivity index (χ2n) is 6.79. The number of halogens is 2. The van der Waals surface area contributed by atoms with Crippen LogP contribution in [-0.4, -0.2) is 21.6 Å². The van der Waals surface area contributed by atoms with Gasteiger partial charge in [-0.1, -0.05) is 23.8 Å². The normalized spacial score (nSPS) is 23.3. The fourth-order valence-electron chi connectivity index (χ4n) is 3.14. The predicted octanol–water partition coefficient (Wildman–Crippen LogP) is 3.93. The van der Waals surface area contributed by atoms with Gasteiger partial charge in [0.1, 0.15) is 11.6 Å². The highest BCUT2D eigenvalue weighted by molar-refractivity contribution is 7.86. The van der Waals surface area contributed by atoms with E-state index in [1.165, 1.54) is 24.3 Å². The standard InChI is InChI=1S/C19H20F2O4S/c1-13-3-6-16(7-4-13)26(22,23)25-12-14-10-19(2,24-11-14)17-8-5-15(20)9-18(17)21/h3-9,14H,10-12H2,1-2H3/t14-,19+/m0/s1. The Kier molecular flexibility index (Phi) is 5.14. The van der Waals surface area contributed by atoms with Crippen molar-refractivity contribution in [2.45, 2.75) is 30.8 Å². The molecule has 0 unspecified atom stereocenters. The summed E-state index contributed by atoms with van der Waals surface area (Å²) in [4.78, 5) is 0.0920. The maximum absolute atomic E-state index is 14.1. The first-order chi connectivity index (χ1) is 12.2. The van der Waals surface area contributed by atoms with Crippen molar-refractivity contribution in [3.63, 3.8) is 0 Å². The number of benzene rings is 2. The zero-order valence-electron chi connectivity index (χ0n) is 14.5. The molecule has 0 aliphatic carbocycles. The Balaban J connectivity index is 1.66. The lowest BCUT2D eigenvalue weighted by molar-refractivity contribution is 0.0122. The minimum atomic E-state index is -3.86. The van der Waals surface area contributed by atoms with Crippen LogP contribution >= 0.6 is 0 Å². The van der Waals surface area contributed by atoms with Gasteiger partial charge < -0.3 is 4.74 Å². The van der Waals surface area contributed by atoms with Gasteiger partial charge in [0.15, 0.2) is 0 Å². The highest BCUT2D eigenvalue weighted by atomic mass is 32.2. The Hall–Kier alpha value is -1.83. The van der Waals surface area contributed by atoms with Crippen molar-refractivity contribution in [1.29, 1.82) is 0 Å². The molecular formula is C19H20F2O4S. The lowest BCUT2D eigenvalue weighted by Gasteiger charge is -2.24. The van der Waals surface area contributed by atoms with Crippen molar-refractivity contribution in [1.82, 2.24) is 0 Å². The van der Waals surface area contributed by atoms with Crippen molar-refractivity contribution in [3.8, 4) is 0 Å². The topological polar surface area (TPSA) is 52.6 Å². The average Bonchev–Trinajstić information content (AvgIpc) is 2.96. The van der Waals surface area contributed by atoms with E-state index in [1.807, 2.05) is 6.92 Å². The lowest BCUT2D eigenvalue weighted by atomic mass is 9.89. The molecule has 26 heavy (non-hydrogen) atoms. The van der Waals surface area contributed by atoms with Gasteiger partial charge in [0.05, 0.1) is 23.7 Å². The molecule has 2 aromatic rings. The van der Waals surface area contributed by atoms with Crippen LogP contribution in [0.4, 0.5) is 8.78 Å². The van der Waals surface area contributed by atoms with E-state index in [4.69, 9.17) is 8.92 Å². The van der Waals surface area contributed by atoms with E-state index < -0.39 is 27.4 Å². The van der Waals surface area contributed by atoms with Crippen molar-refractivity contribution < 1.29 is 26.1 Å². The second-order valence-corrected chi connectivity index (χ2v) is 8.40. The van der Waals surface area contributed by atoms with Crippen LogP contribution in [0, 0.1) is 24.5 Å². The van der Waals surface area contributed by atoms with Crippen LogP contribution in [0.25, 0.3) is 0 Å². The molecule has 0 bridgehead atoms. The van der Waals surface area contributed by atoms with Crippen LogP contribution < -0.4 is 0 Å². The summed E-state index contributed by atoms with van der Waals surface area (Å²) >= 11 is 0. The zero-order chi connectivity index (χ0) is 18.9. The summed E-state index contributed by atoms with van der Waals surface area (Å²) in [5.41, 5.74) is 0.257. The molecule has 1 aliphatic rings. The first-order valence-corrected chi connectivity index (χ1v) is 9.66. The van der Waals surface area contributed by atoms with Gasteiger partial charge in [-0.05, 0) is 38.5 Å². The smallest absolute Gasteiger partial charge is 0.296 e. The molecule has 0 aromatic heterocycles. The first kappa shape index (κ1) is 18.9. The van der Waals surface area contributed by atoms with Gasteiger partial charge in [-0.3, -0.25) is 4.18 Å². The molecule has 2 atom stereocenters. The van der Waals surface area contributed by atoms with Crippen LogP contribution in [0.3, 0.4) is 0 Å². The Morgan fingerprint density at radius 2 is 1.88 bits per heavy atom. The molecular weight excluding hydrogens is 362 g/mol. The van der Waals surface area contributed by atoms with E-state index in [2.05, 4.69) is 0 Å². The number of hydrogen-bond acceptors (Lipinski definition) is 4. The molecule has 4 nitrogen and oxygen atoms in total. The molecule has 0 N–H and O–H groups in total. The average molecular weight is 382 g/mol. The number of hydrogen-bond donors (Lipinski definition) is 0. The fourth-order valence-corrected chi connectivity index (χ4v) is 4.12. The van der Waals surface area contributed by atoms with Crippen molar-refractivity contribution in [2.24, 2.45) is 5.92 Å². The van der Waals surface area contributed by atoms with E-state index >= 15 is 0 Å². The molecule has 7 heteroatoms. The summed E-state index contributed by atoms with van der Waals surface area (Å²) in [6, 6.07) is 9.74. The van der Waals surface area contributed by atoms with Gasteiger partial charge >= 0.3 is 0 Å². The first-order valence-electron chi connectivity index (χ1n) is 8.25. The molecule has 2 aromatic carbocycles. The van der Waals surface area contributed by atoms with Crippen molar-refractivity contribution in [2.75, 3.05) is 13.2 Å². The molecule has 1 saturated heterocycles. The number of rotatable bonds is 5. The molecule has 0 amide bonds. The molecule has 0 saturated carbocycles. The van der Waals surface area contributed by atoms with E-state index in [1.54, 1.807) is 19.1 Å². The van der Waals surface area contributed by atoms with Gasteiger partial charge in [-0.15, -0.1) is 0 Å². The molecule has 0 spiro atoms. The van der Waals surface area contributed by atoms with Crippen molar-refractivity contribution in [3.05, 3.63) is 65.2 Å². The van der Waals surface area contributed by atoms with Gasteiger partial charge in [0.25, 0.3) is 10.1 Å². The minimum Gasteiger partial charge on any atom is -0.370 e. The minimum absolute atomic E-state index is 0.0609. The largest absolute Gasteiger partial charge is 0.370 e. The summed E-state index contributed by atoms with van der Waals surface area (Å²) in [6.45, 7) is 3.74. The van der Waals surface area contributed by atoms with Gasteiger partial charge in [-0.25, -0.2) is 8.78 Å². The summed E-state index contributed by atoms with van der Waals surface area (Å²) in [5.74, 6) is -1.55. The van der Waals surface area contributed by atoms with Gasteiger partial charge in [0.2, 0.25) is 0 Å². The molecule has 1 heterocycles. The maximum Gasteiger partial charge on any atom is 0.296 e. The molecule has 1 aliphatic heterocycles.